The molecule has 1 heterocycles. The summed E-state index contributed by atoms with van der Waals surface area (Å²) < 4.78 is 34.6. The molecule has 0 spiro atoms. The summed E-state index contributed by atoms with van der Waals surface area (Å²) in [5.74, 6) is 0.711. The van der Waals surface area contributed by atoms with E-state index in [1.165, 1.54) is 14.2 Å². The smallest absolute Gasteiger partial charge is 0.314 e. The van der Waals surface area contributed by atoms with Crippen LogP contribution in [0.2, 0.25) is 0 Å². The monoisotopic (exact) mass is 445 g/mol. The Hall–Kier alpha value is -3.29. The van der Waals surface area contributed by atoms with E-state index in [0.717, 1.165) is 16.7 Å². The molecule has 0 fully saturated rings. The van der Waals surface area contributed by atoms with Crippen molar-refractivity contribution >= 4 is 11.9 Å². The molecule has 8 heteroatoms. The van der Waals surface area contributed by atoms with Gasteiger partial charge in [-0.25, -0.2) is 0 Å². The van der Waals surface area contributed by atoms with Crippen molar-refractivity contribution in [1.29, 1.82) is 0 Å². The molecule has 1 aliphatic rings. The molecule has 0 saturated carbocycles. The first kappa shape index (κ1) is 23.4. The van der Waals surface area contributed by atoms with E-state index in [0.29, 0.717) is 29.4 Å². The number of hydrogen-bond donors (Lipinski definition) is 1. The van der Waals surface area contributed by atoms with E-state index in [1.807, 2.05) is 18.2 Å². The van der Waals surface area contributed by atoms with Crippen LogP contribution >= 0.6 is 0 Å². The van der Waals surface area contributed by atoms with E-state index in [1.54, 1.807) is 26.0 Å². The number of hydrogen-bond acceptors (Lipinski definition) is 6. The minimum Gasteiger partial charge on any atom is -0.493 e. The minimum atomic E-state index is -0.976. The fraction of sp³-hybridized carbons (Fsp3) is 0.417. The average molecular weight is 445 g/mol. The van der Waals surface area contributed by atoms with Gasteiger partial charge in [0, 0.05) is 24.1 Å². The molecule has 32 heavy (non-hydrogen) atoms. The Morgan fingerprint density at radius 1 is 1.09 bits per heavy atom. The number of benzene rings is 2. The number of amides is 1. The summed E-state index contributed by atoms with van der Waals surface area (Å²) in [5.41, 5.74) is 2.13. The van der Waals surface area contributed by atoms with Crippen LogP contribution in [0.15, 0.2) is 30.3 Å². The second-order valence-electron chi connectivity index (χ2n) is 8.08. The van der Waals surface area contributed by atoms with Crippen molar-refractivity contribution < 1.29 is 32.9 Å². The predicted octanol–water partition coefficient (Wildman–Crippen LogP) is 3.92. The summed E-state index contributed by atoms with van der Waals surface area (Å²) in [4.78, 5) is 24.3. The van der Waals surface area contributed by atoms with Gasteiger partial charge in [-0.3, -0.25) is 14.0 Å². The third kappa shape index (κ3) is 4.79. The van der Waals surface area contributed by atoms with Crippen LogP contribution in [-0.4, -0.2) is 46.0 Å². The maximum Gasteiger partial charge on any atom is 0.314 e. The van der Waals surface area contributed by atoms with Crippen molar-refractivity contribution in [3.63, 3.8) is 0 Å². The standard InChI is InChI=1S/C24H28FNO6/c1-24(2,23(28)31-11-5-10-25)14-32-20-17(8-9-19(29-3)21(20)30-4)15-6-7-18-16(12-15)13-26-22(18)27/h6-9,12H,5,10-11,13-14H2,1-4H3,(H,26,27). The Balaban J connectivity index is 1.93. The number of methoxy groups -OCH3 is 2. The maximum atomic E-state index is 12.4. The van der Waals surface area contributed by atoms with E-state index in [-0.39, 0.29) is 25.5 Å². The molecule has 0 saturated heterocycles. The Morgan fingerprint density at radius 2 is 1.84 bits per heavy atom. The van der Waals surface area contributed by atoms with E-state index >= 15 is 0 Å². The Kier molecular flexibility index (Phi) is 7.22. The highest BCUT2D eigenvalue weighted by Crippen LogP contribution is 2.45. The van der Waals surface area contributed by atoms with Gasteiger partial charge in [0.2, 0.25) is 5.75 Å². The van der Waals surface area contributed by atoms with Crippen molar-refractivity contribution in [1.82, 2.24) is 5.32 Å². The molecule has 7 nitrogen and oxygen atoms in total. The third-order valence-corrected chi connectivity index (χ3v) is 5.24. The Labute approximate surface area is 186 Å². The lowest BCUT2D eigenvalue weighted by Crippen LogP contribution is -2.33. The van der Waals surface area contributed by atoms with Crippen LogP contribution in [0.25, 0.3) is 11.1 Å². The molecule has 172 valence electrons. The highest BCUT2D eigenvalue weighted by molar-refractivity contribution is 5.99. The van der Waals surface area contributed by atoms with Gasteiger partial charge < -0.3 is 24.3 Å². The molecule has 0 bridgehead atoms. The summed E-state index contributed by atoms with van der Waals surface area (Å²) in [7, 11) is 3.04. The number of halogens is 1. The number of alkyl halides is 1. The van der Waals surface area contributed by atoms with Gasteiger partial charge in [0.05, 0.1) is 32.9 Å². The lowest BCUT2D eigenvalue weighted by molar-refractivity contribution is -0.155. The third-order valence-electron chi connectivity index (χ3n) is 5.24. The normalized spacial score (nSPS) is 12.7. The molecule has 0 atom stereocenters. The summed E-state index contributed by atoms with van der Waals surface area (Å²) in [6.45, 7) is 3.34. The first-order valence-corrected chi connectivity index (χ1v) is 10.3. The lowest BCUT2D eigenvalue weighted by Gasteiger charge is -2.25. The number of nitrogens with one attached hydrogen (secondary N) is 1. The molecule has 0 aromatic heterocycles. The molecule has 0 unspecified atom stereocenters. The number of fused-ring (bicyclic) bond motifs is 1. The molecular formula is C24H28FNO6. The van der Waals surface area contributed by atoms with Crippen molar-refractivity contribution in [2.75, 3.05) is 34.1 Å². The highest BCUT2D eigenvalue weighted by Gasteiger charge is 2.32. The molecule has 1 aliphatic heterocycles. The SMILES string of the molecule is COc1ccc(-c2ccc3c(c2)CNC3=O)c(OCC(C)(C)C(=O)OCCCF)c1OC. The van der Waals surface area contributed by atoms with Gasteiger partial charge in [0.25, 0.3) is 5.91 Å². The fourth-order valence-electron chi connectivity index (χ4n) is 3.40. The summed E-state index contributed by atoms with van der Waals surface area (Å²) in [5, 5.41) is 2.81. The van der Waals surface area contributed by atoms with Crippen molar-refractivity contribution in [2.24, 2.45) is 5.41 Å². The zero-order valence-corrected chi connectivity index (χ0v) is 18.7. The second-order valence-corrected chi connectivity index (χ2v) is 8.08. The van der Waals surface area contributed by atoms with Gasteiger partial charge in [0.1, 0.15) is 6.61 Å². The molecule has 2 aromatic carbocycles. The van der Waals surface area contributed by atoms with Gasteiger partial charge in [-0.15, -0.1) is 0 Å². The van der Waals surface area contributed by atoms with Crippen LogP contribution in [0.3, 0.4) is 0 Å². The molecule has 0 radical (unpaired) electrons. The van der Waals surface area contributed by atoms with Crippen LogP contribution in [0.4, 0.5) is 4.39 Å². The second kappa shape index (κ2) is 9.89. The van der Waals surface area contributed by atoms with Crippen LogP contribution in [0.5, 0.6) is 17.2 Å². The van der Waals surface area contributed by atoms with Crippen molar-refractivity contribution in [3.8, 4) is 28.4 Å². The zero-order valence-electron chi connectivity index (χ0n) is 18.7. The van der Waals surface area contributed by atoms with Gasteiger partial charge in [0.15, 0.2) is 11.5 Å². The van der Waals surface area contributed by atoms with E-state index in [2.05, 4.69) is 5.32 Å². The topological polar surface area (TPSA) is 83.1 Å². The number of carbonyl (C=O) groups excluding carboxylic acids is 2. The summed E-state index contributed by atoms with van der Waals surface area (Å²) >= 11 is 0. The molecule has 1 N–H and O–H groups in total. The van der Waals surface area contributed by atoms with E-state index in [4.69, 9.17) is 18.9 Å². The van der Waals surface area contributed by atoms with Gasteiger partial charge >= 0.3 is 5.97 Å². The molecular weight excluding hydrogens is 417 g/mol. The first-order valence-electron chi connectivity index (χ1n) is 10.3. The first-order chi connectivity index (χ1) is 15.3. The van der Waals surface area contributed by atoms with Gasteiger partial charge in [-0.2, -0.15) is 0 Å². The number of ether oxygens (including phenoxy) is 4. The van der Waals surface area contributed by atoms with Crippen LogP contribution in [0, 0.1) is 5.41 Å². The van der Waals surface area contributed by atoms with Crippen LogP contribution in [-0.2, 0) is 16.1 Å². The van der Waals surface area contributed by atoms with Crippen molar-refractivity contribution in [2.45, 2.75) is 26.8 Å². The van der Waals surface area contributed by atoms with E-state index < -0.39 is 18.1 Å². The van der Waals surface area contributed by atoms with Gasteiger partial charge in [-0.05, 0) is 49.2 Å². The average Bonchev–Trinajstić information content (AvgIpc) is 3.16. The van der Waals surface area contributed by atoms with E-state index in [9.17, 15) is 14.0 Å². The zero-order chi connectivity index (χ0) is 23.3. The quantitative estimate of drug-likeness (QED) is 0.441. The van der Waals surface area contributed by atoms with Gasteiger partial charge in [-0.1, -0.05) is 6.07 Å². The summed E-state index contributed by atoms with van der Waals surface area (Å²) in [6, 6.07) is 9.16. The number of esters is 1. The molecule has 1 amide bonds. The minimum absolute atomic E-state index is 0.00294. The molecule has 2 aromatic rings. The summed E-state index contributed by atoms with van der Waals surface area (Å²) in [6.07, 6.45) is 0.159. The highest BCUT2D eigenvalue weighted by atomic mass is 19.1. The van der Waals surface area contributed by atoms with Crippen LogP contribution < -0.4 is 19.5 Å². The number of rotatable bonds is 10. The number of carbonyl (C=O) groups is 2. The van der Waals surface area contributed by atoms with Crippen molar-refractivity contribution in [3.05, 3.63) is 41.5 Å². The Bertz CT molecular complexity index is 1000. The fourth-order valence-corrected chi connectivity index (χ4v) is 3.40. The Morgan fingerprint density at radius 3 is 2.53 bits per heavy atom. The molecule has 3 rings (SSSR count). The predicted molar refractivity (Wildman–Crippen MR) is 117 cm³/mol. The molecule has 0 aliphatic carbocycles. The largest absolute Gasteiger partial charge is 0.493 e. The lowest BCUT2D eigenvalue weighted by atomic mass is 9.95. The maximum absolute atomic E-state index is 12.4. The van der Waals surface area contributed by atoms with Crippen LogP contribution in [0.1, 0.15) is 36.2 Å².